The topological polar surface area (TPSA) is 80.9 Å². The first kappa shape index (κ1) is 6.72. The van der Waals surface area contributed by atoms with Crippen LogP contribution < -0.4 is 5.72 Å². The van der Waals surface area contributed by atoms with Crippen molar-refractivity contribution in [1.29, 1.82) is 0 Å². The van der Waals surface area contributed by atoms with Gasteiger partial charge >= 0.3 is 5.97 Å². The smallest absolute Gasteiger partial charge is 0.327 e. The van der Waals surface area contributed by atoms with E-state index >= 15 is 0 Å². The highest BCUT2D eigenvalue weighted by Crippen LogP contribution is 1.71. The summed E-state index contributed by atoms with van der Waals surface area (Å²) in [6.45, 7) is -0.235. The zero-order valence-corrected chi connectivity index (χ0v) is 5.35. The first-order chi connectivity index (χ1) is 4.68. The van der Waals surface area contributed by atoms with Crippen LogP contribution in [0.5, 0.6) is 0 Å². The molecule has 10 heavy (non-hydrogen) atoms. The molecule has 52 valence electrons. The van der Waals surface area contributed by atoms with E-state index in [-0.39, 0.29) is 6.54 Å². The predicted molar refractivity (Wildman–Crippen MR) is 33.6 cm³/mol. The number of aromatic nitrogens is 4. The molecule has 7 heteroatoms. The van der Waals surface area contributed by atoms with Crippen molar-refractivity contribution in [1.82, 2.24) is 20.2 Å². The van der Waals surface area contributed by atoms with Crippen LogP contribution in [0.1, 0.15) is 0 Å². The molecule has 0 saturated heterocycles. The maximum absolute atomic E-state index is 10.0. The average molecular weight is 140 g/mol. The molecule has 0 bridgehead atoms. The van der Waals surface area contributed by atoms with Gasteiger partial charge in [0.2, 0.25) is 0 Å². The lowest BCUT2D eigenvalue weighted by Crippen LogP contribution is -2.14. The van der Waals surface area contributed by atoms with Crippen molar-refractivity contribution in [2.75, 3.05) is 0 Å². The highest BCUT2D eigenvalue weighted by molar-refractivity contribution is 6.28. The molecular weight excluding hydrogens is 135 g/mol. The molecule has 0 atom stereocenters. The van der Waals surface area contributed by atoms with Gasteiger partial charge in [0.1, 0.15) is 5.72 Å². The van der Waals surface area contributed by atoms with E-state index in [0.29, 0.717) is 5.72 Å². The van der Waals surface area contributed by atoms with E-state index in [2.05, 4.69) is 15.4 Å². The van der Waals surface area contributed by atoms with Gasteiger partial charge in [-0.05, 0) is 5.21 Å². The van der Waals surface area contributed by atoms with E-state index in [0.717, 1.165) is 4.80 Å². The van der Waals surface area contributed by atoms with Crippen molar-refractivity contribution in [2.45, 2.75) is 6.54 Å². The molecule has 0 aliphatic heterocycles. The highest BCUT2D eigenvalue weighted by atomic mass is 16.4. The second-order valence-corrected chi connectivity index (χ2v) is 1.76. The minimum absolute atomic E-state index is 0.235. The van der Waals surface area contributed by atoms with Gasteiger partial charge < -0.3 is 5.11 Å². The molecule has 1 aromatic heterocycles. The SMILES string of the molecule is Bc1nnn(CC(=O)O)n1. The molecule has 0 amide bonds. The fraction of sp³-hybridized carbons (Fsp3) is 0.333. The molecule has 1 aromatic rings. The summed E-state index contributed by atoms with van der Waals surface area (Å²) >= 11 is 0. The number of hydrogen-bond acceptors (Lipinski definition) is 4. The Kier molecular flexibility index (Phi) is 1.66. The van der Waals surface area contributed by atoms with Crippen molar-refractivity contribution < 1.29 is 9.90 Å². The summed E-state index contributed by atoms with van der Waals surface area (Å²) in [5, 5.41) is 18.9. The molecule has 0 aliphatic rings. The first-order valence-electron chi connectivity index (χ1n) is 2.64. The maximum Gasteiger partial charge on any atom is 0.327 e. The second-order valence-electron chi connectivity index (χ2n) is 1.76. The quantitative estimate of drug-likeness (QED) is 0.443. The molecule has 0 aliphatic carbocycles. The molecule has 1 rings (SSSR count). The summed E-state index contributed by atoms with van der Waals surface area (Å²) in [5.74, 6) is -0.975. The van der Waals surface area contributed by atoms with Gasteiger partial charge in [0, 0.05) is 0 Å². The van der Waals surface area contributed by atoms with Gasteiger partial charge in [-0.15, -0.1) is 10.2 Å². The zero-order chi connectivity index (χ0) is 7.56. The Labute approximate surface area is 57.3 Å². The van der Waals surface area contributed by atoms with Crippen LogP contribution in [-0.2, 0) is 11.3 Å². The lowest BCUT2D eigenvalue weighted by atomic mass is 10.1. The van der Waals surface area contributed by atoms with Crippen LogP contribution in [0.4, 0.5) is 0 Å². The molecule has 1 heterocycles. The van der Waals surface area contributed by atoms with Crippen molar-refractivity contribution in [3.8, 4) is 0 Å². The summed E-state index contributed by atoms with van der Waals surface area (Å²) in [5.41, 5.74) is 0.473. The number of nitrogens with zero attached hydrogens (tertiary/aromatic N) is 4. The van der Waals surface area contributed by atoms with Crippen molar-refractivity contribution >= 4 is 19.5 Å². The summed E-state index contributed by atoms with van der Waals surface area (Å²) in [6.07, 6.45) is 0. The molecule has 0 aromatic carbocycles. The maximum atomic E-state index is 10.0. The van der Waals surface area contributed by atoms with E-state index in [9.17, 15) is 4.79 Å². The number of aliphatic carboxylic acids is 1. The van der Waals surface area contributed by atoms with Gasteiger partial charge in [0.25, 0.3) is 0 Å². The molecule has 1 N–H and O–H groups in total. The first-order valence-corrected chi connectivity index (χ1v) is 2.64. The minimum Gasteiger partial charge on any atom is -0.480 e. The summed E-state index contributed by atoms with van der Waals surface area (Å²) < 4.78 is 0. The van der Waals surface area contributed by atoms with Gasteiger partial charge in [0.05, 0.1) is 0 Å². The average Bonchev–Trinajstić information content (AvgIpc) is 2.13. The van der Waals surface area contributed by atoms with Crippen LogP contribution in [0.15, 0.2) is 0 Å². The van der Waals surface area contributed by atoms with E-state index in [1.165, 1.54) is 0 Å². The number of carboxylic acid groups (broad SMARTS) is 1. The Morgan fingerprint density at radius 1 is 1.80 bits per heavy atom. The molecule has 0 radical (unpaired) electrons. The van der Waals surface area contributed by atoms with E-state index in [4.69, 9.17) is 5.11 Å². The monoisotopic (exact) mass is 140 g/mol. The van der Waals surface area contributed by atoms with Crippen LogP contribution >= 0.6 is 0 Å². The van der Waals surface area contributed by atoms with Gasteiger partial charge in [-0.2, -0.15) is 4.80 Å². The summed E-state index contributed by atoms with van der Waals surface area (Å²) in [6, 6.07) is 0. The highest BCUT2D eigenvalue weighted by Gasteiger charge is 2.00. The van der Waals surface area contributed by atoms with E-state index in [1.54, 1.807) is 7.85 Å². The third kappa shape index (κ3) is 1.54. The van der Waals surface area contributed by atoms with Gasteiger partial charge in [-0.25, -0.2) is 0 Å². The third-order valence-corrected chi connectivity index (χ3v) is 0.830. The minimum atomic E-state index is -0.975. The van der Waals surface area contributed by atoms with Crippen molar-refractivity contribution in [2.24, 2.45) is 0 Å². The van der Waals surface area contributed by atoms with E-state index < -0.39 is 5.97 Å². The largest absolute Gasteiger partial charge is 0.480 e. The normalized spacial score (nSPS) is 9.60. The van der Waals surface area contributed by atoms with Crippen molar-refractivity contribution in [3.63, 3.8) is 0 Å². The molecular formula is C3H5BN4O2. The number of tetrazole rings is 1. The Morgan fingerprint density at radius 2 is 2.50 bits per heavy atom. The molecule has 0 spiro atoms. The Bertz CT molecular complexity index is 246. The van der Waals surface area contributed by atoms with Gasteiger partial charge in [-0.3, -0.25) is 4.79 Å². The Hall–Kier alpha value is -1.40. The van der Waals surface area contributed by atoms with Gasteiger partial charge in [-0.1, -0.05) is 0 Å². The molecule has 0 fully saturated rings. The van der Waals surface area contributed by atoms with Crippen LogP contribution in [0.3, 0.4) is 0 Å². The predicted octanol–water partition coefficient (Wildman–Crippen LogP) is -2.98. The Morgan fingerprint density at radius 3 is 2.90 bits per heavy atom. The number of carboxylic acids is 1. The Balaban J connectivity index is 2.67. The molecule has 0 unspecified atom stereocenters. The van der Waals surface area contributed by atoms with Gasteiger partial charge in [0.15, 0.2) is 14.4 Å². The lowest BCUT2D eigenvalue weighted by molar-refractivity contribution is -0.138. The number of carbonyl (C=O) groups is 1. The van der Waals surface area contributed by atoms with Crippen molar-refractivity contribution in [3.05, 3.63) is 0 Å². The fourth-order valence-corrected chi connectivity index (χ4v) is 0.511. The fourth-order valence-electron chi connectivity index (χ4n) is 0.511. The zero-order valence-electron chi connectivity index (χ0n) is 5.35. The summed E-state index contributed by atoms with van der Waals surface area (Å²) in [7, 11) is 1.64. The second kappa shape index (κ2) is 2.46. The van der Waals surface area contributed by atoms with Crippen LogP contribution in [-0.4, -0.2) is 39.1 Å². The molecule has 0 saturated carbocycles. The third-order valence-electron chi connectivity index (χ3n) is 0.830. The van der Waals surface area contributed by atoms with Crippen LogP contribution in [0.25, 0.3) is 0 Å². The van der Waals surface area contributed by atoms with Crippen LogP contribution in [0.2, 0.25) is 0 Å². The lowest BCUT2D eigenvalue weighted by Gasteiger charge is -1.88. The molecule has 6 nitrogen and oxygen atoms in total. The van der Waals surface area contributed by atoms with Crippen LogP contribution in [0, 0.1) is 0 Å². The standard InChI is InChI=1S/C3H5BN4O2/c4-3-5-7-8(6-3)1-2(9)10/h1,4H2,(H,9,10). The number of hydrogen-bond donors (Lipinski definition) is 1. The van der Waals surface area contributed by atoms with E-state index in [1.807, 2.05) is 0 Å². The number of rotatable bonds is 2. The summed E-state index contributed by atoms with van der Waals surface area (Å²) in [4.78, 5) is 11.1.